The Morgan fingerprint density at radius 2 is 0.917 bits per heavy atom. The molecular weight excluding hydrogens is 300 g/mol. The second-order valence-corrected chi connectivity index (χ2v) is 8.05. The first-order valence-electron chi connectivity index (χ1n) is 10.2. The van der Waals surface area contributed by atoms with Crippen molar-refractivity contribution in [2.75, 3.05) is 0 Å². The van der Waals surface area contributed by atoms with Gasteiger partial charge in [0.25, 0.3) is 0 Å². The number of nitrogens with zero attached hydrogens (tertiary/aromatic N) is 2. The van der Waals surface area contributed by atoms with Gasteiger partial charge < -0.3 is 10.2 Å². The first-order chi connectivity index (χ1) is 11.7. The molecule has 136 valence electrons. The summed E-state index contributed by atoms with van der Waals surface area (Å²) in [4.78, 5) is 9.72. The fraction of sp³-hybridized carbons (Fsp3) is 0.900. The van der Waals surface area contributed by atoms with Gasteiger partial charge in [-0.15, -0.1) is 0 Å². The minimum Gasteiger partial charge on any atom is -0.392 e. The van der Waals surface area contributed by atoms with Crippen LogP contribution in [0.1, 0.15) is 77.0 Å². The normalized spacial score (nSPS) is 41.9. The van der Waals surface area contributed by atoms with E-state index in [2.05, 4.69) is 0 Å². The molecule has 0 amide bonds. The third kappa shape index (κ3) is 4.89. The lowest BCUT2D eigenvalue weighted by molar-refractivity contribution is 0.102. The molecule has 2 N–H and O–H groups in total. The highest BCUT2D eigenvalue weighted by atomic mass is 16.3. The largest absolute Gasteiger partial charge is 0.392 e. The molecule has 3 aliphatic carbocycles. The van der Waals surface area contributed by atoms with Crippen LogP contribution in [0.4, 0.5) is 0 Å². The molecule has 4 nitrogen and oxygen atoms in total. The predicted octanol–water partition coefficient (Wildman–Crippen LogP) is 3.54. The molecule has 3 saturated carbocycles. The number of hydrogen-bond donors (Lipinski definition) is 2. The van der Waals surface area contributed by atoms with Crippen molar-refractivity contribution in [2.24, 2.45) is 21.8 Å². The number of aliphatic hydroxyl groups is 2. The highest BCUT2D eigenvalue weighted by molar-refractivity contribution is 5.63. The van der Waals surface area contributed by atoms with Gasteiger partial charge in [-0.3, -0.25) is 9.98 Å². The zero-order valence-corrected chi connectivity index (χ0v) is 14.9. The number of aliphatic imine (C=N–C) groups is 2. The van der Waals surface area contributed by atoms with Crippen molar-refractivity contribution in [1.82, 2.24) is 0 Å². The van der Waals surface area contributed by atoms with Crippen LogP contribution in [0.3, 0.4) is 0 Å². The Morgan fingerprint density at radius 1 is 0.542 bits per heavy atom. The van der Waals surface area contributed by atoms with E-state index in [1.807, 2.05) is 12.4 Å². The highest BCUT2D eigenvalue weighted by Crippen LogP contribution is 2.28. The summed E-state index contributed by atoms with van der Waals surface area (Å²) < 4.78 is 0. The standard InChI is InChI=1S/C20H34N2O2/c23-19-11-5-1-7-15(19)13-21-17-9-3-4-10-18(17)22-14-16-8-2-6-12-20(16)24/h13-20,23-24H,1-12H2. The van der Waals surface area contributed by atoms with Crippen LogP contribution < -0.4 is 0 Å². The fourth-order valence-corrected chi connectivity index (χ4v) is 4.51. The van der Waals surface area contributed by atoms with Crippen molar-refractivity contribution < 1.29 is 10.2 Å². The first-order valence-corrected chi connectivity index (χ1v) is 10.2. The molecule has 0 saturated heterocycles. The molecule has 0 aliphatic heterocycles. The van der Waals surface area contributed by atoms with Crippen LogP contribution in [0.15, 0.2) is 9.98 Å². The SMILES string of the molecule is OC1CCCCC1C=NC1CCCCC1N=CC1CCCCC1O. The van der Waals surface area contributed by atoms with E-state index in [0.29, 0.717) is 0 Å². The van der Waals surface area contributed by atoms with Gasteiger partial charge in [0, 0.05) is 24.3 Å². The molecule has 0 bridgehead atoms. The van der Waals surface area contributed by atoms with Crippen LogP contribution in [0.2, 0.25) is 0 Å². The maximum atomic E-state index is 10.1. The Hall–Kier alpha value is -0.740. The summed E-state index contributed by atoms with van der Waals surface area (Å²) in [5.41, 5.74) is 0. The predicted molar refractivity (Wildman–Crippen MR) is 99.0 cm³/mol. The molecule has 0 aromatic heterocycles. The Bertz CT molecular complexity index is 397. The fourth-order valence-electron chi connectivity index (χ4n) is 4.51. The highest BCUT2D eigenvalue weighted by Gasteiger charge is 2.27. The van der Waals surface area contributed by atoms with Crippen LogP contribution in [0.5, 0.6) is 0 Å². The van der Waals surface area contributed by atoms with Crippen LogP contribution in [0.25, 0.3) is 0 Å². The average molecular weight is 335 g/mol. The van der Waals surface area contributed by atoms with Crippen molar-refractivity contribution in [2.45, 2.75) is 101 Å². The Balaban J connectivity index is 1.58. The smallest absolute Gasteiger partial charge is 0.0719 e. The molecule has 3 rings (SSSR count). The molecular formula is C20H34N2O2. The van der Waals surface area contributed by atoms with Gasteiger partial charge in [-0.05, 0) is 38.5 Å². The van der Waals surface area contributed by atoms with Gasteiger partial charge in [-0.25, -0.2) is 0 Å². The summed E-state index contributed by atoms with van der Waals surface area (Å²) in [6.07, 6.45) is 17.0. The molecule has 3 aliphatic rings. The van der Waals surface area contributed by atoms with Crippen LogP contribution in [-0.2, 0) is 0 Å². The van der Waals surface area contributed by atoms with Crippen molar-refractivity contribution in [1.29, 1.82) is 0 Å². The number of rotatable bonds is 4. The minimum atomic E-state index is -0.203. The van der Waals surface area contributed by atoms with Crippen molar-refractivity contribution in [3.8, 4) is 0 Å². The number of hydrogen-bond acceptors (Lipinski definition) is 4. The van der Waals surface area contributed by atoms with Gasteiger partial charge in [0.1, 0.15) is 0 Å². The third-order valence-corrected chi connectivity index (χ3v) is 6.20. The molecule has 0 heterocycles. The quantitative estimate of drug-likeness (QED) is 0.772. The molecule has 6 atom stereocenters. The Kier molecular flexibility index (Phi) is 6.85. The molecule has 0 radical (unpaired) electrons. The second-order valence-electron chi connectivity index (χ2n) is 8.05. The third-order valence-electron chi connectivity index (χ3n) is 6.20. The lowest BCUT2D eigenvalue weighted by Crippen LogP contribution is -2.31. The lowest BCUT2D eigenvalue weighted by atomic mass is 9.86. The molecule has 3 fully saturated rings. The van der Waals surface area contributed by atoms with Gasteiger partial charge >= 0.3 is 0 Å². The van der Waals surface area contributed by atoms with E-state index >= 15 is 0 Å². The first kappa shape index (κ1) is 18.1. The summed E-state index contributed by atoms with van der Waals surface area (Å²) in [6, 6.07) is 0.537. The topological polar surface area (TPSA) is 65.2 Å². The van der Waals surface area contributed by atoms with Gasteiger partial charge in [0.2, 0.25) is 0 Å². The Labute approximate surface area is 146 Å². The summed E-state index contributed by atoms with van der Waals surface area (Å²) in [5, 5.41) is 20.2. The van der Waals surface area contributed by atoms with Gasteiger partial charge in [-0.2, -0.15) is 0 Å². The molecule has 0 aromatic rings. The van der Waals surface area contributed by atoms with Gasteiger partial charge in [0.05, 0.1) is 24.3 Å². The van der Waals surface area contributed by atoms with Crippen LogP contribution in [0, 0.1) is 11.8 Å². The summed E-state index contributed by atoms with van der Waals surface area (Å²) in [5.74, 6) is 0.482. The van der Waals surface area contributed by atoms with E-state index in [0.717, 1.165) is 51.4 Å². The van der Waals surface area contributed by atoms with Crippen molar-refractivity contribution >= 4 is 12.4 Å². The minimum absolute atomic E-state index is 0.203. The zero-order chi connectivity index (χ0) is 16.8. The maximum absolute atomic E-state index is 10.1. The van der Waals surface area contributed by atoms with Crippen molar-refractivity contribution in [3.05, 3.63) is 0 Å². The summed E-state index contributed by atoms with van der Waals surface area (Å²) in [7, 11) is 0. The summed E-state index contributed by atoms with van der Waals surface area (Å²) in [6.45, 7) is 0. The van der Waals surface area contributed by atoms with E-state index in [4.69, 9.17) is 9.98 Å². The van der Waals surface area contributed by atoms with E-state index in [9.17, 15) is 10.2 Å². The van der Waals surface area contributed by atoms with E-state index in [1.54, 1.807) is 0 Å². The van der Waals surface area contributed by atoms with E-state index in [-0.39, 0.29) is 36.1 Å². The zero-order valence-electron chi connectivity index (χ0n) is 14.9. The van der Waals surface area contributed by atoms with E-state index < -0.39 is 0 Å². The lowest BCUT2D eigenvalue weighted by Gasteiger charge is -2.29. The Morgan fingerprint density at radius 3 is 1.33 bits per heavy atom. The van der Waals surface area contributed by atoms with Gasteiger partial charge in [-0.1, -0.05) is 38.5 Å². The van der Waals surface area contributed by atoms with Crippen LogP contribution >= 0.6 is 0 Å². The molecule has 0 spiro atoms. The molecule has 4 heteroatoms. The molecule has 6 unspecified atom stereocenters. The monoisotopic (exact) mass is 334 g/mol. The van der Waals surface area contributed by atoms with Crippen LogP contribution in [-0.4, -0.2) is 46.9 Å². The average Bonchev–Trinajstić information content (AvgIpc) is 2.61. The molecule has 0 aromatic carbocycles. The summed E-state index contributed by atoms with van der Waals surface area (Å²) >= 11 is 0. The molecule has 24 heavy (non-hydrogen) atoms. The van der Waals surface area contributed by atoms with Crippen molar-refractivity contribution in [3.63, 3.8) is 0 Å². The maximum Gasteiger partial charge on any atom is 0.0719 e. The van der Waals surface area contributed by atoms with Gasteiger partial charge in [0.15, 0.2) is 0 Å². The number of aliphatic hydroxyl groups excluding tert-OH is 2. The van der Waals surface area contributed by atoms with E-state index in [1.165, 1.54) is 25.7 Å². The second kappa shape index (κ2) is 9.10.